The Morgan fingerprint density at radius 2 is 2.29 bits per heavy atom. The van der Waals surface area contributed by atoms with Crippen molar-refractivity contribution >= 4 is 0 Å². The van der Waals surface area contributed by atoms with Gasteiger partial charge >= 0.3 is 0 Å². The van der Waals surface area contributed by atoms with Gasteiger partial charge < -0.3 is 9.84 Å². The maximum Gasteiger partial charge on any atom is 0.0719 e. The Hall–Kier alpha value is -0.860. The molecule has 0 aromatic heterocycles. The number of aliphatic hydroxyl groups excluding tert-OH is 1. The number of ether oxygens (including phenoxy) is 1. The number of benzene rings is 1. The molecule has 0 fully saturated rings. The van der Waals surface area contributed by atoms with Crippen LogP contribution in [0.5, 0.6) is 0 Å². The quantitative estimate of drug-likeness (QED) is 0.777. The SMILES string of the molecule is CCC(O)C1COCc2ccccc21. The lowest BCUT2D eigenvalue weighted by atomic mass is 9.88. The highest BCUT2D eigenvalue weighted by atomic mass is 16.5. The Morgan fingerprint density at radius 3 is 3.07 bits per heavy atom. The van der Waals surface area contributed by atoms with Gasteiger partial charge in [0, 0.05) is 5.92 Å². The summed E-state index contributed by atoms with van der Waals surface area (Å²) in [4.78, 5) is 0. The second kappa shape index (κ2) is 4.11. The van der Waals surface area contributed by atoms with Crippen molar-refractivity contribution in [3.8, 4) is 0 Å². The van der Waals surface area contributed by atoms with Gasteiger partial charge in [-0.05, 0) is 17.5 Å². The minimum atomic E-state index is -0.281. The zero-order valence-electron chi connectivity index (χ0n) is 8.44. The van der Waals surface area contributed by atoms with Crippen LogP contribution in [0.25, 0.3) is 0 Å². The summed E-state index contributed by atoms with van der Waals surface area (Å²) in [6.07, 6.45) is 0.499. The van der Waals surface area contributed by atoms with E-state index < -0.39 is 0 Å². The fourth-order valence-corrected chi connectivity index (χ4v) is 2.02. The molecular weight excluding hydrogens is 176 g/mol. The van der Waals surface area contributed by atoms with Crippen LogP contribution in [-0.2, 0) is 11.3 Å². The summed E-state index contributed by atoms with van der Waals surface area (Å²) in [5.41, 5.74) is 2.48. The second-order valence-electron chi connectivity index (χ2n) is 3.80. The fourth-order valence-electron chi connectivity index (χ4n) is 2.02. The Morgan fingerprint density at radius 1 is 1.50 bits per heavy atom. The van der Waals surface area contributed by atoms with Gasteiger partial charge in [0.05, 0.1) is 19.3 Å². The molecule has 0 amide bonds. The molecule has 1 N–H and O–H groups in total. The lowest BCUT2D eigenvalue weighted by Crippen LogP contribution is -2.27. The molecule has 2 atom stereocenters. The number of fused-ring (bicyclic) bond motifs is 1. The van der Waals surface area contributed by atoms with Crippen molar-refractivity contribution in [1.29, 1.82) is 0 Å². The highest BCUT2D eigenvalue weighted by Crippen LogP contribution is 2.29. The van der Waals surface area contributed by atoms with Crippen molar-refractivity contribution in [1.82, 2.24) is 0 Å². The van der Waals surface area contributed by atoms with E-state index in [9.17, 15) is 5.11 Å². The summed E-state index contributed by atoms with van der Waals surface area (Å²) in [5.74, 6) is 0.157. The van der Waals surface area contributed by atoms with E-state index in [1.807, 2.05) is 19.1 Å². The van der Waals surface area contributed by atoms with Crippen molar-refractivity contribution in [3.05, 3.63) is 35.4 Å². The highest BCUT2D eigenvalue weighted by molar-refractivity contribution is 5.32. The van der Waals surface area contributed by atoms with E-state index >= 15 is 0 Å². The van der Waals surface area contributed by atoms with Crippen LogP contribution in [0.1, 0.15) is 30.4 Å². The molecule has 76 valence electrons. The summed E-state index contributed by atoms with van der Waals surface area (Å²) in [5, 5.41) is 9.85. The summed E-state index contributed by atoms with van der Waals surface area (Å²) in [6, 6.07) is 8.22. The standard InChI is InChI=1S/C12H16O2/c1-2-12(13)11-8-14-7-9-5-3-4-6-10(9)11/h3-6,11-13H,2,7-8H2,1H3. The van der Waals surface area contributed by atoms with Crippen LogP contribution in [0.15, 0.2) is 24.3 Å². The van der Waals surface area contributed by atoms with Crippen molar-refractivity contribution in [3.63, 3.8) is 0 Å². The molecule has 0 radical (unpaired) electrons. The first-order chi connectivity index (χ1) is 6.83. The number of rotatable bonds is 2. The molecule has 1 aromatic rings. The van der Waals surface area contributed by atoms with Crippen molar-refractivity contribution in [2.45, 2.75) is 32.0 Å². The van der Waals surface area contributed by atoms with Gasteiger partial charge in [0.25, 0.3) is 0 Å². The van der Waals surface area contributed by atoms with Crippen LogP contribution in [0.2, 0.25) is 0 Å². The maximum atomic E-state index is 9.85. The molecule has 1 aliphatic heterocycles. The molecule has 1 aliphatic rings. The molecule has 0 saturated heterocycles. The Kier molecular flexibility index (Phi) is 2.85. The predicted octanol–water partition coefficient (Wildman–Crippen LogP) is 2.07. The highest BCUT2D eigenvalue weighted by Gasteiger charge is 2.25. The van der Waals surface area contributed by atoms with Crippen molar-refractivity contribution in [2.75, 3.05) is 6.61 Å². The topological polar surface area (TPSA) is 29.5 Å². The molecule has 0 bridgehead atoms. The van der Waals surface area contributed by atoms with Gasteiger partial charge in [-0.3, -0.25) is 0 Å². The first-order valence-electron chi connectivity index (χ1n) is 5.16. The van der Waals surface area contributed by atoms with Crippen LogP contribution >= 0.6 is 0 Å². The van der Waals surface area contributed by atoms with E-state index in [-0.39, 0.29) is 12.0 Å². The molecule has 0 spiro atoms. The largest absolute Gasteiger partial charge is 0.392 e. The average molecular weight is 192 g/mol. The number of hydrogen-bond acceptors (Lipinski definition) is 2. The first kappa shape index (κ1) is 9.69. The lowest BCUT2D eigenvalue weighted by Gasteiger charge is -2.28. The Labute approximate surface area is 84.5 Å². The van der Waals surface area contributed by atoms with Gasteiger partial charge in [-0.15, -0.1) is 0 Å². The molecule has 0 saturated carbocycles. The van der Waals surface area contributed by atoms with E-state index in [0.717, 1.165) is 6.42 Å². The van der Waals surface area contributed by atoms with Crippen molar-refractivity contribution in [2.24, 2.45) is 0 Å². The normalized spacial score (nSPS) is 22.9. The summed E-state index contributed by atoms with van der Waals surface area (Å²) in [7, 11) is 0. The van der Waals surface area contributed by atoms with Gasteiger partial charge in [-0.1, -0.05) is 31.2 Å². The van der Waals surface area contributed by atoms with Crippen LogP contribution in [0.4, 0.5) is 0 Å². The van der Waals surface area contributed by atoms with E-state index in [1.165, 1.54) is 11.1 Å². The molecule has 2 heteroatoms. The third-order valence-electron chi connectivity index (χ3n) is 2.89. The molecule has 1 aromatic carbocycles. The maximum absolute atomic E-state index is 9.85. The van der Waals surface area contributed by atoms with Crippen LogP contribution < -0.4 is 0 Å². The van der Waals surface area contributed by atoms with Crippen molar-refractivity contribution < 1.29 is 9.84 Å². The molecule has 2 unspecified atom stereocenters. The molecule has 14 heavy (non-hydrogen) atoms. The van der Waals surface area contributed by atoms with Gasteiger partial charge in [0.15, 0.2) is 0 Å². The summed E-state index contributed by atoms with van der Waals surface area (Å²) < 4.78 is 5.47. The molecule has 2 rings (SSSR count). The predicted molar refractivity (Wildman–Crippen MR) is 55.1 cm³/mol. The van der Waals surface area contributed by atoms with Gasteiger partial charge in [-0.25, -0.2) is 0 Å². The fraction of sp³-hybridized carbons (Fsp3) is 0.500. The van der Waals surface area contributed by atoms with Gasteiger partial charge in [0.1, 0.15) is 0 Å². The van der Waals surface area contributed by atoms with E-state index in [4.69, 9.17) is 4.74 Å². The number of hydrogen-bond donors (Lipinski definition) is 1. The third kappa shape index (κ3) is 1.68. The van der Waals surface area contributed by atoms with Crippen LogP contribution in [0.3, 0.4) is 0 Å². The van der Waals surface area contributed by atoms with E-state index in [1.54, 1.807) is 0 Å². The monoisotopic (exact) mass is 192 g/mol. The van der Waals surface area contributed by atoms with Crippen LogP contribution in [-0.4, -0.2) is 17.8 Å². The average Bonchev–Trinajstić information content (AvgIpc) is 2.27. The first-order valence-corrected chi connectivity index (χ1v) is 5.16. The zero-order valence-corrected chi connectivity index (χ0v) is 8.44. The summed E-state index contributed by atoms with van der Waals surface area (Å²) in [6.45, 7) is 3.33. The van der Waals surface area contributed by atoms with Gasteiger partial charge in [-0.2, -0.15) is 0 Å². The molecular formula is C12H16O2. The minimum Gasteiger partial charge on any atom is -0.392 e. The minimum absolute atomic E-state index is 0.157. The van der Waals surface area contributed by atoms with Gasteiger partial charge in [0.2, 0.25) is 0 Å². The third-order valence-corrected chi connectivity index (χ3v) is 2.89. The Balaban J connectivity index is 2.30. The molecule has 0 aliphatic carbocycles. The summed E-state index contributed by atoms with van der Waals surface area (Å²) >= 11 is 0. The number of aliphatic hydroxyl groups is 1. The molecule has 1 heterocycles. The van der Waals surface area contributed by atoms with E-state index in [2.05, 4.69) is 12.1 Å². The van der Waals surface area contributed by atoms with E-state index in [0.29, 0.717) is 13.2 Å². The smallest absolute Gasteiger partial charge is 0.0719 e. The Bertz CT molecular complexity index is 309. The second-order valence-corrected chi connectivity index (χ2v) is 3.80. The molecule has 2 nitrogen and oxygen atoms in total. The van der Waals surface area contributed by atoms with Crippen LogP contribution in [0, 0.1) is 0 Å². The lowest BCUT2D eigenvalue weighted by molar-refractivity contribution is 0.0366. The zero-order chi connectivity index (χ0) is 9.97.